The molecule has 2 N–H and O–H groups in total. The van der Waals surface area contributed by atoms with E-state index in [9.17, 15) is 4.79 Å². The standard InChI is InChI=1S/C17H33N3O/c1-14-9-11-18-16(13-14)17(21)19-10-6-12-20(2)15-7-4-3-5-8-15/h14-16,18H,3-13H2,1-2H3,(H,19,21). The molecule has 2 rings (SSSR count). The third kappa shape index (κ3) is 5.59. The zero-order chi connectivity index (χ0) is 15.1. The molecule has 1 saturated carbocycles. The Bertz CT molecular complexity index is 315. The van der Waals surface area contributed by atoms with Crippen LogP contribution in [-0.2, 0) is 4.79 Å². The third-order valence-electron chi connectivity index (χ3n) is 5.17. The Balaban J connectivity index is 1.57. The molecular weight excluding hydrogens is 262 g/mol. The minimum atomic E-state index is 0.0322. The van der Waals surface area contributed by atoms with Crippen LogP contribution in [0.15, 0.2) is 0 Å². The van der Waals surface area contributed by atoms with Gasteiger partial charge in [0.15, 0.2) is 0 Å². The van der Waals surface area contributed by atoms with Gasteiger partial charge in [0.2, 0.25) is 5.91 Å². The lowest BCUT2D eigenvalue weighted by molar-refractivity contribution is -0.124. The van der Waals surface area contributed by atoms with Gasteiger partial charge < -0.3 is 15.5 Å². The van der Waals surface area contributed by atoms with Gasteiger partial charge in [-0.2, -0.15) is 0 Å². The Labute approximate surface area is 130 Å². The topological polar surface area (TPSA) is 44.4 Å². The van der Waals surface area contributed by atoms with E-state index in [4.69, 9.17) is 0 Å². The van der Waals surface area contributed by atoms with Crippen LogP contribution in [0.4, 0.5) is 0 Å². The van der Waals surface area contributed by atoms with Crippen molar-refractivity contribution in [3.05, 3.63) is 0 Å². The molecule has 1 aliphatic heterocycles. The maximum absolute atomic E-state index is 12.1. The van der Waals surface area contributed by atoms with Gasteiger partial charge in [-0.3, -0.25) is 4.79 Å². The van der Waals surface area contributed by atoms with E-state index in [1.54, 1.807) is 0 Å². The molecule has 4 nitrogen and oxygen atoms in total. The predicted molar refractivity (Wildman–Crippen MR) is 87.3 cm³/mol. The van der Waals surface area contributed by atoms with Crippen LogP contribution in [0.25, 0.3) is 0 Å². The zero-order valence-corrected chi connectivity index (χ0v) is 13.9. The largest absolute Gasteiger partial charge is 0.355 e. The van der Waals surface area contributed by atoms with Gasteiger partial charge in [0.25, 0.3) is 0 Å². The van der Waals surface area contributed by atoms with Gasteiger partial charge in [-0.15, -0.1) is 0 Å². The monoisotopic (exact) mass is 295 g/mol. The van der Waals surface area contributed by atoms with Crippen molar-refractivity contribution in [2.45, 2.75) is 70.4 Å². The number of nitrogens with one attached hydrogen (secondary N) is 2. The molecule has 2 fully saturated rings. The molecule has 4 heteroatoms. The molecule has 2 atom stereocenters. The van der Waals surface area contributed by atoms with E-state index in [1.165, 1.54) is 38.5 Å². The van der Waals surface area contributed by atoms with Gasteiger partial charge in [0, 0.05) is 12.6 Å². The molecule has 1 aliphatic carbocycles. The van der Waals surface area contributed by atoms with Crippen molar-refractivity contribution in [3.8, 4) is 0 Å². The molecule has 1 saturated heterocycles. The van der Waals surface area contributed by atoms with E-state index in [0.717, 1.165) is 38.5 Å². The summed E-state index contributed by atoms with van der Waals surface area (Å²) in [4.78, 5) is 14.6. The van der Waals surface area contributed by atoms with Gasteiger partial charge in [-0.1, -0.05) is 26.2 Å². The van der Waals surface area contributed by atoms with Crippen LogP contribution in [0.3, 0.4) is 0 Å². The number of hydrogen-bond donors (Lipinski definition) is 2. The molecule has 0 aromatic carbocycles. The van der Waals surface area contributed by atoms with Crippen LogP contribution in [0, 0.1) is 5.92 Å². The lowest BCUT2D eigenvalue weighted by atomic mass is 9.94. The SMILES string of the molecule is CC1CCNC(C(=O)NCCCN(C)C2CCCCC2)C1. The van der Waals surface area contributed by atoms with Crippen LogP contribution in [0.5, 0.6) is 0 Å². The molecule has 122 valence electrons. The first-order valence-corrected chi connectivity index (χ1v) is 8.88. The van der Waals surface area contributed by atoms with E-state index in [2.05, 4.69) is 29.5 Å². The van der Waals surface area contributed by atoms with Crippen molar-refractivity contribution >= 4 is 5.91 Å². The fourth-order valence-corrected chi connectivity index (χ4v) is 3.67. The number of hydrogen-bond acceptors (Lipinski definition) is 3. The number of amides is 1. The van der Waals surface area contributed by atoms with Crippen molar-refractivity contribution in [1.29, 1.82) is 0 Å². The Morgan fingerprint density at radius 2 is 2.00 bits per heavy atom. The fourth-order valence-electron chi connectivity index (χ4n) is 3.67. The summed E-state index contributed by atoms with van der Waals surface area (Å²) in [5, 5.41) is 6.43. The van der Waals surface area contributed by atoms with Crippen LogP contribution < -0.4 is 10.6 Å². The first kappa shape index (κ1) is 16.8. The smallest absolute Gasteiger partial charge is 0.237 e. The highest BCUT2D eigenvalue weighted by molar-refractivity contribution is 5.81. The molecule has 2 unspecified atom stereocenters. The molecular formula is C17H33N3O. The van der Waals surface area contributed by atoms with Crippen molar-refractivity contribution in [2.24, 2.45) is 5.92 Å². The van der Waals surface area contributed by atoms with E-state index in [1.807, 2.05) is 0 Å². The summed E-state index contributed by atoms with van der Waals surface area (Å²) < 4.78 is 0. The van der Waals surface area contributed by atoms with E-state index in [-0.39, 0.29) is 11.9 Å². The average molecular weight is 295 g/mol. The Kier molecular flexibility index (Phi) is 6.97. The molecule has 0 aromatic rings. The van der Waals surface area contributed by atoms with E-state index in [0.29, 0.717) is 5.92 Å². The summed E-state index contributed by atoms with van der Waals surface area (Å²) in [6, 6.07) is 0.806. The van der Waals surface area contributed by atoms with Gasteiger partial charge in [0.1, 0.15) is 0 Å². The van der Waals surface area contributed by atoms with Crippen molar-refractivity contribution in [1.82, 2.24) is 15.5 Å². The Morgan fingerprint density at radius 1 is 1.24 bits per heavy atom. The summed E-state index contributed by atoms with van der Waals surface area (Å²) >= 11 is 0. The van der Waals surface area contributed by atoms with Gasteiger partial charge in [0.05, 0.1) is 6.04 Å². The highest BCUT2D eigenvalue weighted by Gasteiger charge is 2.24. The predicted octanol–water partition coefficient (Wildman–Crippen LogP) is 2.15. The molecule has 1 amide bonds. The van der Waals surface area contributed by atoms with Gasteiger partial charge >= 0.3 is 0 Å². The van der Waals surface area contributed by atoms with Crippen LogP contribution >= 0.6 is 0 Å². The van der Waals surface area contributed by atoms with E-state index < -0.39 is 0 Å². The van der Waals surface area contributed by atoms with Crippen LogP contribution in [0.2, 0.25) is 0 Å². The number of carbonyl (C=O) groups is 1. The van der Waals surface area contributed by atoms with Crippen molar-refractivity contribution in [3.63, 3.8) is 0 Å². The summed E-state index contributed by atoms with van der Waals surface area (Å²) in [6.07, 6.45) is 10.1. The molecule has 21 heavy (non-hydrogen) atoms. The number of carbonyl (C=O) groups excluding carboxylic acids is 1. The summed E-state index contributed by atoms with van der Waals surface area (Å²) in [7, 11) is 2.24. The second kappa shape index (κ2) is 8.74. The maximum atomic E-state index is 12.1. The van der Waals surface area contributed by atoms with Gasteiger partial charge in [-0.25, -0.2) is 0 Å². The molecule has 0 spiro atoms. The minimum absolute atomic E-state index is 0.0322. The average Bonchev–Trinajstić information content (AvgIpc) is 2.52. The third-order valence-corrected chi connectivity index (χ3v) is 5.17. The second-order valence-electron chi connectivity index (χ2n) is 7.05. The number of nitrogens with zero attached hydrogens (tertiary/aromatic N) is 1. The van der Waals surface area contributed by atoms with Crippen LogP contribution in [0.1, 0.15) is 58.3 Å². The lowest BCUT2D eigenvalue weighted by Gasteiger charge is -2.31. The summed E-state index contributed by atoms with van der Waals surface area (Å²) in [6.45, 7) is 5.12. The van der Waals surface area contributed by atoms with E-state index >= 15 is 0 Å². The van der Waals surface area contributed by atoms with Crippen LogP contribution in [-0.4, -0.2) is 49.6 Å². The lowest BCUT2D eigenvalue weighted by Crippen LogP contribution is -2.48. The Hall–Kier alpha value is -0.610. The normalized spacial score (nSPS) is 27.8. The molecule has 1 heterocycles. The molecule has 2 aliphatic rings. The second-order valence-corrected chi connectivity index (χ2v) is 7.05. The van der Waals surface area contributed by atoms with Crippen molar-refractivity contribution < 1.29 is 4.79 Å². The first-order chi connectivity index (χ1) is 10.2. The quantitative estimate of drug-likeness (QED) is 0.738. The molecule has 0 bridgehead atoms. The maximum Gasteiger partial charge on any atom is 0.237 e. The number of rotatable bonds is 6. The zero-order valence-electron chi connectivity index (χ0n) is 13.9. The Morgan fingerprint density at radius 3 is 2.71 bits per heavy atom. The fraction of sp³-hybridized carbons (Fsp3) is 0.941. The summed E-state index contributed by atoms with van der Waals surface area (Å²) in [5.74, 6) is 0.862. The highest BCUT2D eigenvalue weighted by atomic mass is 16.2. The van der Waals surface area contributed by atoms with Gasteiger partial charge in [-0.05, 0) is 58.2 Å². The minimum Gasteiger partial charge on any atom is -0.355 e. The number of piperidine rings is 1. The summed E-state index contributed by atoms with van der Waals surface area (Å²) in [5.41, 5.74) is 0. The van der Waals surface area contributed by atoms with Crippen molar-refractivity contribution in [2.75, 3.05) is 26.7 Å². The molecule has 0 radical (unpaired) electrons. The molecule has 0 aromatic heterocycles. The highest BCUT2D eigenvalue weighted by Crippen LogP contribution is 2.21. The first-order valence-electron chi connectivity index (χ1n) is 8.88.